The zero-order valence-corrected chi connectivity index (χ0v) is 5.82. The fraction of sp³-hybridized carbons (Fsp3) is 0. The number of thiazole rings is 1. The summed E-state index contributed by atoms with van der Waals surface area (Å²) in [6, 6.07) is 0. The summed E-state index contributed by atoms with van der Waals surface area (Å²) >= 11 is 1.18. The summed E-state index contributed by atoms with van der Waals surface area (Å²) in [5.41, 5.74) is 0. The van der Waals surface area contributed by atoms with Gasteiger partial charge in [0.1, 0.15) is 0 Å². The molecule has 0 fully saturated rings. The van der Waals surface area contributed by atoms with Crippen molar-refractivity contribution >= 4 is 27.0 Å². The van der Waals surface area contributed by atoms with Crippen LogP contribution in [0.2, 0.25) is 0 Å². The van der Waals surface area contributed by atoms with Crippen molar-refractivity contribution in [2.24, 2.45) is 4.36 Å². The molecule has 0 aromatic carbocycles. The summed E-state index contributed by atoms with van der Waals surface area (Å²) in [7, 11) is -2.37. The van der Waals surface area contributed by atoms with E-state index in [1.807, 2.05) is 0 Å². The molecule has 0 radical (unpaired) electrons. The Morgan fingerprint density at radius 2 is 2.44 bits per heavy atom. The maximum absolute atomic E-state index is 9.87. The molecule has 6 heteroatoms. The van der Waals surface area contributed by atoms with Gasteiger partial charge >= 0.3 is 10.5 Å². The fourth-order valence-corrected chi connectivity index (χ4v) is 1.22. The van der Waals surface area contributed by atoms with E-state index >= 15 is 0 Å². The highest BCUT2D eigenvalue weighted by atomic mass is 32.2. The molecule has 1 heterocycles. The van der Waals surface area contributed by atoms with Crippen LogP contribution in [0.15, 0.2) is 15.9 Å². The first-order valence-electron chi connectivity index (χ1n) is 1.99. The van der Waals surface area contributed by atoms with Crippen LogP contribution in [0.5, 0.6) is 0 Å². The third-order valence-corrected chi connectivity index (χ3v) is 1.67. The van der Waals surface area contributed by atoms with E-state index in [1.54, 1.807) is 5.38 Å². The number of aromatic nitrogens is 1. The first-order valence-corrected chi connectivity index (χ1v) is 3.91. The van der Waals surface area contributed by atoms with Crippen molar-refractivity contribution in [1.29, 1.82) is 0 Å². The molecule has 0 bridgehead atoms. The van der Waals surface area contributed by atoms with Crippen molar-refractivity contribution in [2.75, 3.05) is 0 Å². The molecule has 0 amide bonds. The maximum Gasteiger partial charge on any atom is 0.318 e. The van der Waals surface area contributed by atoms with Crippen LogP contribution in [0, 0.1) is 0 Å². The SMILES string of the molecule is O=S(=O)=Nc1nccs1. The van der Waals surface area contributed by atoms with Gasteiger partial charge in [0.25, 0.3) is 0 Å². The smallest absolute Gasteiger partial charge is 0.226 e. The van der Waals surface area contributed by atoms with Crippen LogP contribution in [0.25, 0.3) is 0 Å². The molecule has 0 spiro atoms. The Morgan fingerprint density at radius 3 is 2.89 bits per heavy atom. The first-order chi connectivity index (χ1) is 4.29. The van der Waals surface area contributed by atoms with Crippen LogP contribution in [0.4, 0.5) is 5.13 Å². The summed E-state index contributed by atoms with van der Waals surface area (Å²) in [5, 5.41) is 1.93. The van der Waals surface area contributed by atoms with E-state index in [-0.39, 0.29) is 5.13 Å². The van der Waals surface area contributed by atoms with Crippen molar-refractivity contribution in [3.05, 3.63) is 11.6 Å². The quantitative estimate of drug-likeness (QED) is 0.614. The number of hydrogen-bond acceptors (Lipinski definition) is 5. The molecule has 0 aliphatic carbocycles. The lowest BCUT2D eigenvalue weighted by Gasteiger charge is -1.68. The normalized spacial score (nSPS) is 8.89. The van der Waals surface area contributed by atoms with Crippen LogP contribution in [-0.2, 0) is 10.5 Å². The third kappa shape index (κ3) is 1.90. The molecular formula is C3H2N2O2S2. The first kappa shape index (κ1) is 6.37. The summed E-state index contributed by atoms with van der Waals surface area (Å²) in [6.07, 6.45) is 1.50. The monoisotopic (exact) mass is 162 g/mol. The van der Waals surface area contributed by atoms with Gasteiger partial charge in [-0.05, 0) is 0 Å². The van der Waals surface area contributed by atoms with E-state index in [0.29, 0.717) is 0 Å². The number of nitrogens with zero attached hydrogens (tertiary/aromatic N) is 2. The molecule has 0 saturated heterocycles. The molecule has 1 aromatic rings. The van der Waals surface area contributed by atoms with Gasteiger partial charge in [0, 0.05) is 11.6 Å². The Hall–Kier alpha value is -0.750. The Balaban J connectivity index is 3.07. The van der Waals surface area contributed by atoms with Gasteiger partial charge in [0.05, 0.1) is 0 Å². The van der Waals surface area contributed by atoms with E-state index in [9.17, 15) is 8.42 Å². The van der Waals surface area contributed by atoms with Gasteiger partial charge in [0.2, 0.25) is 5.13 Å². The van der Waals surface area contributed by atoms with E-state index in [4.69, 9.17) is 0 Å². The summed E-state index contributed by atoms with van der Waals surface area (Å²) in [4.78, 5) is 3.62. The van der Waals surface area contributed by atoms with E-state index in [2.05, 4.69) is 9.35 Å². The zero-order chi connectivity index (χ0) is 6.69. The van der Waals surface area contributed by atoms with Gasteiger partial charge < -0.3 is 0 Å². The van der Waals surface area contributed by atoms with E-state index in [0.717, 1.165) is 0 Å². The van der Waals surface area contributed by atoms with Gasteiger partial charge in [-0.1, -0.05) is 0 Å². The summed E-state index contributed by atoms with van der Waals surface area (Å²) in [5.74, 6) is 0. The zero-order valence-electron chi connectivity index (χ0n) is 4.18. The van der Waals surface area contributed by atoms with Crippen LogP contribution < -0.4 is 0 Å². The molecule has 1 rings (SSSR count). The molecule has 48 valence electrons. The lowest BCUT2D eigenvalue weighted by molar-refractivity contribution is 0.622. The van der Waals surface area contributed by atoms with Crippen molar-refractivity contribution in [3.8, 4) is 0 Å². The third-order valence-electron chi connectivity index (χ3n) is 0.572. The van der Waals surface area contributed by atoms with Gasteiger partial charge in [-0.2, -0.15) is 8.42 Å². The molecule has 9 heavy (non-hydrogen) atoms. The average molecular weight is 162 g/mol. The van der Waals surface area contributed by atoms with Crippen LogP contribution in [0.1, 0.15) is 0 Å². The molecule has 0 aliphatic heterocycles. The van der Waals surface area contributed by atoms with Crippen LogP contribution in [-0.4, -0.2) is 13.4 Å². The second kappa shape index (κ2) is 2.70. The summed E-state index contributed by atoms with van der Waals surface area (Å²) < 4.78 is 22.9. The van der Waals surface area contributed by atoms with E-state index < -0.39 is 10.5 Å². The predicted molar refractivity (Wildman–Crippen MR) is 33.1 cm³/mol. The molecule has 0 saturated carbocycles. The summed E-state index contributed by atoms with van der Waals surface area (Å²) in [6.45, 7) is 0. The van der Waals surface area contributed by atoms with E-state index in [1.165, 1.54) is 17.5 Å². The lowest BCUT2D eigenvalue weighted by atomic mass is 11.0. The molecule has 1 aromatic heterocycles. The molecule has 0 atom stereocenters. The van der Waals surface area contributed by atoms with Crippen molar-refractivity contribution in [3.63, 3.8) is 0 Å². The minimum atomic E-state index is -2.37. The molecule has 0 aliphatic rings. The van der Waals surface area contributed by atoms with Gasteiger partial charge in [0.15, 0.2) is 0 Å². The van der Waals surface area contributed by atoms with Crippen molar-refractivity contribution in [2.45, 2.75) is 0 Å². The largest absolute Gasteiger partial charge is 0.318 e. The van der Waals surface area contributed by atoms with Gasteiger partial charge in [-0.15, -0.1) is 15.7 Å². The van der Waals surface area contributed by atoms with Crippen molar-refractivity contribution < 1.29 is 8.42 Å². The van der Waals surface area contributed by atoms with Gasteiger partial charge in [-0.3, -0.25) is 0 Å². The molecule has 0 unspecified atom stereocenters. The standard InChI is InChI=1S/C3H2N2O2S2/c6-9(7)5-3-4-1-2-8-3/h1-2H. The Morgan fingerprint density at radius 1 is 1.67 bits per heavy atom. The number of hydrogen-bond donors (Lipinski definition) is 0. The van der Waals surface area contributed by atoms with Crippen LogP contribution in [0.3, 0.4) is 0 Å². The average Bonchev–Trinajstić information content (AvgIpc) is 2.15. The van der Waals surface area contributed by atoms with Crippen LogP contribution >= 0.6 is 11.3 Å². The molecule has 0 N–H and O–H groups in total. The Kier molecular flexibility index (Phi) is 1.91. The highest BCUT2D eigenvalue weighted by molar-refractivity contribution is 7.62. The second-order valence-corrected chi connectivity index (χ2v) is 2.61. The topological polar surface area (TPSA) is 59.4 Å². The minimum absolute atomic E-state index is 0.267. The second-order valence-electron chi connectivity index (χ2n) is 1.12. The highest BCUT2D eigenvalue weighted by Crippen LogP contribution is 2.13. The Bertz CT molecular complexity index is 291. The highest BCUT2D eigenvalue weighted by Gasteiger charge is 1.87. The maximum atomic E-state index is 9.87. The Labute approximate surface area is 56.9 Å². The van der Waals surface area contributed by atoms with Crippen molar-refractivity contribution in [1.82, 2.24) is 4.98 Å². The number of rotatable bonds is 1. The molecular weight excluding hydrogens is 160 g/mol. The predicted octanol–water partition coefficient (Wildman–Crippen LogP) is 0.837. The lowest BCUT2D eigenvalue weighted by Crippen LogP contribution is -1.56. The van der Waals surface area contributed by atoms with Gasteiger partial charge in [-0.25, -0.2) is 4.98 Å². The minimum Gasteiger partial charge on any atom is -0.226 e. The molecule has 4 nitrogen and oxygen atoms in total. The fourth-order valence-electron chi connectivity index (χ4n) is 0.325.